The molecule has 100 valence electrons. The molecular weight excluding hydrogens is 216 g/mol. The van der Waals surface area contributed by atoms with Gasteiger partial charge in [-0.05, 0) is 39.3 Å². The predicted octanol–water partition coefficient (Wildman–Crippen LogP) is 1.26. The van der Waals surface area contributed by atoms with Gasteiger partial charge in [0.15, 0.2) is 0 Å². The molecule has 2 unspecified atom stereocenters. The number of likely N-dealkylation sites (tertiary alicyclic amines) is 1. The number of nitrogens with zero attached hydrogens (tertiary/aromatic N) is 1. The lowest BCUT2D eigenvalue weighted by Crippen LogP contribution is -2.47. The number of carbonyl (C=O) groups is 1. The Morgan fingerprint density at radius 1 is 1.41 bits per heavy atom. The van der Waals surface area contributed by atoms with E-state index in [0.29, 0.717) is 25.0 Å². The highest BCUT2D eigenvalue weighted by Crippen LogP contribution is 2.20. The van der Waals surface area contributed by atoms with E-state index in [9.17, 15) is 4.79 Å². The van der Waals surface area contributed by atoms with Crippen LogP contribution in [-0.2, 0) is 9.53 Å². The van der Waals surface area contributed by atoms with E-state index in [1.807, 2.05) is 6.92 Å². The highest BCUT2D eigenvalue weighted by molar-refractivity contribution is 5.69. The first-order valence-electron chi connectivity index (χ1n) is 6.73. The molecule has 0 aromatic heterocycles. The van der Waals surface area contributed by atoms with E-state index in [2.05, 4.69) is 24.2 Å². The first-order chi connectivity index (χ1) is 8.15. The largest absolute Gasteiger partial charge is 0.466 e. The number of piperidine rings is 1. The Bertz CT molecular complexity index is 233. The Labute approximate surface area is 105 Å². The maximum absolute atomic E-state index is 11.3. The standard InChI is InChI=1S/C13H26N2O2/c1-4-14-12-8-11(9-15(3)10-12)6-7-13(16)17-5-2/h11-12,14H,4-10H2,1-3H3. The third-order valence-corrected chi connectivity index (χ3v) is 3.27. The van der Waals surface area contributed by atoms with E-state index in [1.54, 1.807) is 0 Å². The Hall–Kier alpha value is -0.610. The molecule has 0 aromatic carbocycles. The Kier molecular flexibility index (Phi) is 6.52. The second-order valence-electron chi connectivity index (χ2n) is 4.92. The third-order valence-electron chi connectivity index (χ3n) is 3.27. The van der Waals surface area contributed by atoms with Gasteiger partial charge in [-0.25, -0.2) is 0 Å². The molecule has 1 fully saturated rings. The predicted molar refractivity (Wildman–Crippen MR) is 68.9 cm³/mol. The van der Waals surface area contributed by atoms with Gasteiger partial charge in [-0.3, -0.25) is 4.79 Å². The van der Waals surface area contributed by atoms with Crippen LogP contribution in [0.1, 0.15) is 33.1 Å². The Morgan fingerprint density at radius 2 is 2.18 bits per heavy atom. The van der Waals surface area contributed by atoms with Gasteiger partial charge < -0.3 is 15.0 Å². The molecule has 4 nitrogen and oxygen atoms in total. The van der Waals surface area contributed by atoms with Gasteiger partial charge in [-0.1, -0.05) is 6.92 Å². The van der Waals surface area contributed by atoms with Crippen molar-refractivity contribution in [2.24, 2.45) is 5.92 Å². The van der Waals surface area contributed by atoms with E-state index in [1.165, 1.54) is 6.42 Å². The summed E-state index contributed by atoms with van der Waals surface area (Å²) in [5.74, 6) is 0.558. The quantitative estimate of drug-likeness (QED) is 0.712. The molecule has 1 rings (SSSR count). The molecule has 1 saturated heterocycles. The lowest BCUT2D eigenvalue weighted by molar-refractivity contribution is -0.143. The number of rotatable bonds is 6. The lowest BCUT2D eigenvalue weighted by Gasteiger charge is -2.36. The van der Waals surface area contributed by atoms with Crippen molar-refractivity contribution in [2.75, 3.05) is 33.3 Å². The van der Waals surface area contributed by atoms with Crippen molar-refractivity contribution in [1.29, 1.82) is 0 Å². The summed E-state index contributed by atoms with van der Waals surface area (Å²) >= 11 is 0. The number of ether oxygens (including phenoxy) is 1. The molecule has 0 aliphatic carbocycles. The molecule has 0 saturated carbocycles. The second kappa shape index (κ2) is 7.67. The maximum atomic E-state index is 11.3. The van der Waals surface area contributed by atoms with Crippen molar-refractivity contribution in [2.45, 2.75) is 39.2 Å². The molecule has 1 heterocycles. The summed E-state index contributed by atoms with van der Waals surface area (Å²) in [6, 6.07) is 0.575. The van der Waals surface area contributed by atoms with Gasteiger partial charge in [0.25, 0.3) is 0 Å². The van der Waals surface area contributed by atoms with Gasteiger partial charge in [-0.2, -0.15) is 0 Å². The molecule has 17 heavy (non-hydrogen) atoms. The van der Waals surface area contributed by atoms with Gasteiger partial charge in [0, 0.05) is 25.6 Å². The van der Waals surface area contributed by atoms with E-state index in [4.69, 9.17) is 4.74 Å². The monoisotopic (exact) mass is 242 g/mol. The molecule has 1 aliphatic rings. The second-order valence-corrected chi connectivity index (χ2v) is 4.92. The van der Waals surface area contributed by atoms with E-state index in [-0.39, 0.29) is 5.97 Å². The minimum Gasteiger partial charge on any atom is -0.466 e. The zero-order chi connectivity index (χ0) is 12.7. The fourth-order valence-electron chi connectivity index (χ4n) is 2.64. The summed E-state index contributed by atoms with van der Waals surface area (Å²) in [6.07, 6.45) is 2.69. The van der Waals surface area contributed by atoms with Crippen LogP contribution in [-0.4, -0.2) is 50.2 Å². The number of nitrogens with one attached hydrogen (secondary N) is 1. The highest BCUT2D eigenvalue weighted by atomic mass is 16.5. The van der Waals surface area contributed by atoms with Crippen molar-refractivity contribution in [3.05, 3.63) is 0 Å². The maximum Gasteiger partial charge on any atom is 0.305 e. The van der Waals surface area contributed by atoms with Crippen LogP contribution >= 0.6 is 0 Å². The molecule has 0 aromatic rings. The number of hydrogen-bond donors (Lipinski definition) is 1. The Balaban J connectivity index is 2.29. The first-order valence-corrected chi connectivity index (χ1v) is 6.73. The van der Waals surface area contributed by atoms with E-state index in [0.717, 1.165) is 26.1 Å². The molecule has 0 amide bonds. The molecule has 2 atom stereocenters. The minimum absolute atomic E-state index is 0.0549. The fraction of sp³-hybridized carbons (Fsp3) is 0.923. The number of carbonyl (C=O) groups excluding carboxylic acids is 1. The summed E-state index contributed by atoms with van der Waals surface area (Å²) in [4.78, 5) is 13.7. The van der Waals surface area contributed by atoms with Crippen LogP contribution in [0.4, 0.5) is 0 Å². The van der Waals surface area contributed by atoms with Crippen LogP contribution in [0, 0.1) is 5.92 Å². The van der Waals surface area contributed by atoms with Crippen LogP contribution < -0.4 is 5.32 Å². The third kappa shape index (κ3) is 5.50. The molecule has 0 spiro atoms. The fourth-order valence-corrected chi connectivity index (χ4v) is 2.64. The topological polar surface area (TPSA) is 41.6 Å². The molecule has 1 N–H and O–H groups in total. The van der Waals surface area contributed by atoms with Crippen LogP contribution in [0.15, 0.2) is 0 Å². The molecule has 1 aliphatic heterocycles. The van der Waals surface area contributed by atoms with Gasteiger partial charge in [-0.15, -0.1) is 0 Å². The zero-order valence-corrected chi connectivity index (χ0v) is 11.4. The number of likely N-dealkylation sites (N-methyl/N-ethyl adjacent to an activating group) is 2. The highest BCUT2D eigenvalue weighted by Gasteiger charge is 2.24. The summed E-state index contributed by atoms with van der Waals surface area (Å²) in [7, 11) is 2.15. The SMILES string of the molecule is CCNC1CC(CCC(=O)OCC)CN(C)C1. The van der Waals surface area contributed by atoms with Crippen LogP contribution in [0.2, 0.25) is 0 Å². The van der Waals surface area contributed by atoms with Crippen LogP contribution in [0.3, 0.4) is 0 Å². The van der Waals surface area contributed by atoms with Gasteiger partial charge in [0.05, 0.1) is 6.61 Å². The minimum atomic E-state index is -0.0549. The zero-order valence-electron chi connectivity index (χ0n) is 11.4. The molecule has 0 bridgehead atoms. The van der Waals surface area contributed by atoms with Crippen molar-refractivity contribution in [3.8, 4) is 0 Å². The van der Waals surface area contributed by atoms with E-state index >= 15 is 0 Å². The Morgan fingerprint density at radius 3 is 2.82 bits per heavy atom. The normalized spacial score (nSPS) is 25.8. The molecule has 0 radical (unpaired) electrons. The van der Waals surface area contributed by atoms with Crippen LogP contribution in [0.25, 0.3) is 0 Å². The average molecular weight is 242 g/mol. The lowest BCUT2D eigenvalue weighted by atomic mass is 9.90. The van der Waals surface area contributed by atoms with Crippen molar-refractivity contribution in [3.63, 3.8) is 0 Å². The van der Waals surface area contributed by atoms with Crippen molar-refractivity contribution >= 4 is 5.97 Å². The summed E-state index contributed by atoms with van der Waals surface area (Å²) in [6.45, 7) is 7.72. The van der Waals surface area contributed by atoms with E-state index < -0.39 is 0 Å². The smallest absolute Gasteiger partial charge is 0.305 e. The van der Waals surface area contributed by atoms with Gasteiger partial charge in [0.1, 0.15) is 0 Å². The van der Waals surface area contributed by atoms with Crippen molar-refractivity contribution < 1.29 is 9.53 Å². The first kappa shape index (κ1) is 14.5. The van der Waals surface area contributed by atoms with Gasteiger partial charge in [0.2, 0.25) is 0 Å². The van der Waals surface area contributed by atoms with Crippen molar-refractivity contribution in [1.82, 2.24) is 10.2 Å². The number of esters is 1. The average Bonchev–Trinajstić information content (AvgIpc) is 2.26. The summed E-state index contributed by atoms with van der Waals surface area (Å²) in [5.41, 5.74) is 0. The van der Waals surface area contributed by atoms with Gasteiger partial charge >= 0.3 is 5.97 Å². The summed E-state index contributed by atoms with van der Waals surface area (Å²) < 4.78 is 4.97. The molecular formula is C13H26N2O2. The molecule has 4 heteroatoms. The summed E-state index contributed by atoms with van der Waals surface area (Å²) in [5, 5.41) is 3.50. The van der Waals surface area contributed by atoms with Crippen LogP contribution in [0.5, 0.6) is 0 Å². The number of hydrogen-bond acceptors (Lipinski definition) is 4.